The molecule has 2 nitrogen and oxygen atoms in total. The summed E-state index contributed by atoms with van der Waals surface area (Å²) in [6.07, 6.45) is 0. The van der Waals surface area contributed by atoms with Crippen molar-refractivity contribution in [2.24, 2.45) is 0 Å². The number of alkyl halides is 1. The second-order valence-electron chi connectivity index (χ2n) is 2.75. The maximum absolute atomic E-state index is 11.4. The van der Waals surface area contributed by atoms with Gasteiger partial charge in [0.1, 0.15) is 0 Å². The quantitative estimate of drug-likeness (QED) is 0.782. The lowest BCUT2D eigenvalue weighted by molar-refractivity contribution is -0.128. The van der Waals surface area contributed by atoms with E-state index in [-0.39, 0.29) is 5.91 Å². The first-order valence-electron chi connectivity index (χ1n) is 4.25. The van der Waals surface area contributed by atoms with Crippen molar-refractivity contribution in [3.8, 4) is 0 Å². The van der Waals surface area contributed by atoms with E-state index >= 15 is 0 Å². The van der Waals surface area contributed by atoms with Crippen LogP contribution in [0.15, 0.2) is 12.1 Å². The molecule has 0 N–H and O–H groups in total. The molecule has 78 valence electrons. The highest BCUT2D eigenvalue weighted by atomic mass is 79.9. The lowest BCUT2D eigenvalue weighted by Gasteiger charge is -2.18. The summed E-state index contributed by atoms with van der Waals surface area (Å²) in [5, 5.41) is 0.375. The molecule has 0 aliphatic rings. The van der Waals surface area contributed by atoms with Gasteiger partial charge in [-0.15, -0.1) is 11.3 Å². The van der Waals surface area contributed by atoms with Crippen LogP contribution in [0, 0.1) is 0 Å². The van der Waals surface area contributed by atoms with Gasteiger partial charge in [0.15, 0.2) is 0 Å². The van der Waals surface area contributed by atoms with Crippen molar-refractivity contribution in [3.05, 3.63) is 21.3 Å². The van der Waals surface area contributed by atoms with E-state index in [0.717, 1.165) is 15.8 Å². The monoisotopic (exact) mass is 295 g/mol. The molecular formula is C9H11BrClNOS. The van der Waals surface area contributed by atoms with E-state index in [9.17, 15) is 4.79 Å². The minimum Gasteiger partial charge on any atom is -0.337 e. The Morgan fingerprint density at radius 2 is 2.36 bits per heavy atom. The zero-order valence-corrected chi connectivity index (χ0v) is 11.0. The van der Waals surface area contributed by atoms with Crippen LogP contribution in [0.1, 0.15) is 11.8 Å². The lowest BCUT2D eigenvalue weighted by Crippen LogP contribution is -2.30. The summed E-state index contributed by atoms with van der Waals surface area (Å²) in [4.78, 5) is 14.3. The lowest BCUT2D eigenvalue weighted by atomic mass is 10.4. The van der Waals surface area contributed by atoms with Crippen molar-refractivity contribution >= 4 is 44.8 Å². The molecule has 0 saturated carbocycles. The number of halogens is 2. The molecule has 14 heavy (non-hydrogen) atoms. The molecule has 0 bridgehead atoms. The van der Waals surface area contributed by atoms with E-state index < -0.39 is 0 Å². The maximum Gasteiger partial charge on any atom is 0.233 e. The molecule has 0 atom stereocenters. The molecule has 1 amide bonds. The third kappa shape index (κ3) is 3.26. The van der Waals surface area contributed by atoms with Gasteiger partial charge in [-0.1, -0.05) is 27.5 Å². The van der Waals surface area contributed by atoms with Gasteiger partial charge in [-0.25, -0.2) is 0 Å². The molecular weight excluding hydrogens is 286 g/mol. The third-order valence-electron chi connectivity index (χ3n) is 1.82. The van der Waals surface area contributed by atoms with Gasteiger partial charge in [-0.2, -0.15) is 0 Å². The van der Waals surface area contributed by atoms with E-state index in [4.69, 9.17) is 11.6 Å². The fourth-order valence-electron chi connectivity index (χ4n) is 1.09. The largest absolute Gasteiger partial charge is 0.337 e. The molecule has 1 aromatic rings. The van der Waals surface area contributed by atoms with E-state index in [1.54, 1.807) is 4.90 Å². The number of amides is 1. The number of rotatable bonds is 4. The average Bonchev–Trinajstić information content (AvgIpc) is 2.59. The van der Waals surface area contributed by atoms with Gasteiger partial charge in [0.25, 0.3) is 0 Å². The fourth-order valence-corrected chi connectivity index (χ4v) is 2.54. The highest BCUT2D eigenvalue weighted by Crippen LogP contribution is 2.22. The summed E-state index contributed by atoms with van der Waals surface area (Å²) in [5.74, 6) is 0.108. The Morgan fingerprint density at radius 3 is 2.79 bits per heavy atom. The van der Waals surface area contributed by atoms with Crippen LogP contribution in [-0.2, 0) is 11.3 Å². The number of hydrogen-bond donors (Lipinski definition) is 0. The molecule has 5 heteroatoms. The molecule has 0 aliphatic heterocycles. The van der Waals surface area contributed by atoms with Crippen LogP contribution < -0.4 is 0 Å². The summed E-state index contributed by atoms with van der Waals surface area (Å²) in [6.45, 7) is 3.34. The van der Waals surface area contributed by atoms with Crippen LogP contribution in [0.5, 0.6) is 0 Å². The second kappa shape index (κ2) is 5.73. The van der Waals surface area contributed by atoms with Gasteiger partial charge in [-0.05, 0) is 19.1 Å². The number of nitrogens with zero attached hydrogens (tertiary/aromatic N) is 1. The van der Waals surface area contributed by atoms with Crippen LogP contribution in [-0.4, -0.2) is 22.7 Å². The SMILES string of the molecule is CCN(Cc1ccc(Cl)s1)C(=O)CBr. The van der Waals surface area contributed by atoms with Gasteiger partial charge >= 0.3 is 0 Å². The summed E-state index contributed by atoms with van der Waals surface area (Å²) in [7, 11) is 0. The van der Waals surface area contributed by atoms with Crippen LogP contribution in [0.25, 0.3) is 0 Å². The number of thiophene rings is 1. The Bertz CT molecular complexity index is 316. The summed E-state index contributed by atoms with van der Waals surface area (Å²) in [5.41, 5.74) is 0. The number of carbonyl (C=O) groups is 1. The predicted molar refractivity (Wildman–Crippen MR) is 64.2 cm³/mol. The minimum absolute atomic E-state index is 0.108. The first-order valence-corrected chi connectivity index (χ1v) is 6.57. The van der Waals surface area contributed by atoms with Crippen LogP contribution in [0.2, 0.25) is 4.34 Å². The number of carbonyl (C=O) groups excluding carboxylic acids is 1. The Hall–Kier alpha value is -0.0600. The molecule has 0 fully saturated rings. The summed E-state index contributed by atoms with van der Waals surface area (Å²) in [6, 6.07) is 3.81. The summed E-state index contributed by atoms with van der Waals surface area (Å²) >= 11 is 10.5. The Morgan fingerprint density at radius 1 is 1.64 bits per heavy atom. The van der Waals surface area contributed by atoms with Gasteiger partial charge in [0.2, 0.25) is 5.91 Å². The molecule has 0 spiro atoms. The normalized spacial score (nSPS) is 10.2. The van der Waals surface area contributed by atoms with E-state index in [1.807, 2.05) is 19.1 Å². The molecule has 0 radical (unpaired) electrons. The minimum atomic E-state index is 0.108. The third-order valence-corrected chi connectivity index (χ3v) is 3.52. The zero-order chi connectivity index (χ0) is 10.6. The Kier molecular flexibility index (Phi) is 4.92. The summed E-state index contributed by atoms with van der Waals surface area (Å²) < 4.78 is 0.766. The molecule has 1 heterocycles. The Labute approximate surface area is 101 Å². The zero-order valence-electron chi connectivity index (χ0n) is 7.80. The van der Waals surface area contributed by atoms with Crippen molar-refractivity contribution in [3.63, 3.8) is 0 Å². The molecule has 0 aromatic carbocycles. The van der Waals surface area contributed by atoms with Crippen LogP contribution in [0.4, 0.5) is 0 Å². The first kappa shape index (κ1) is 12.0. The van der Waals surface area contributed by atoms with Gasteiger partial charge < -0.3 is 4.90 Å². The average molecular weight is 297 g/mol. The van der Waals surface area contributed by atoms with Gasteiger partial charge in [0.05, 0.1) is 16.2 Å². The standard InChI is InChI=1S/C9H11BrClNOS/c1-2-12(9(13)5-10)6-7-3-4-8(11)14-7/h3-4H,2,5-6H2,1H3. The van der Waals surface area contributed by atoms with E-state index in [2.05, 4.69) is 15.9 Å². The van der Waals surface area contributed by atoms with Crippen LogP contribution in [0.3, 0.4) is 0 Å². The van der Waals surface area contributed by atoms with Gasteiger partial charge in [-0.3, -0.25) is 4.79 Å². The van der Waals surface area contributed by atoms with E-state index in [1.165, 1.54) is 11.3 Å². The van der Waals surface area contributed by atoms with Crippen molar-refractivity contribution in [1.82, 2.24) is 4.90 Å². The molecule has 0 saturated heterocycles. The second-order valence-corrected chi connectivity index (χ2v) is 5.11. The van der Waals surface area contributed by atoms with Gasteiger partial charge in [0, 0.05) is 11.4 Å². The molecule has 1 aromatic heterocycles. The predicted octanol–water partition coefficient (Wildman–Crippen LogP) is 3.14. The highest BCUT2D eigenvalue weighted by Gasteiger charge is 2.11. The molecule has 0 unspecified atom stereocenters. The molecule has 1 rings (SSSR count). The number of hydrogen-bond acceptors (Lipinski definition) is 2. The molecule has 0 aliphatic carbocycles. The van der Waals surface area contributed by atoms with Crippen molar-refractivity contribution in [1.29, 1.82) is 0 Å². The van der Waals surface area contributed by atoms with Crippen molar-refractivity contribution < 1.29 is 4.79 Å². The van der Waals surface area contributed by atoms with Crippen LogP contribution >= 0.6 is 38.9 Å². The topological polar surface area (TPSA) is 20.3 Å². The van der Waals surface area contributed by atoms with Crippen molar-refractivity contribution in [2.75, 3.05) is 11.9 Å². The fraction of sp³-hybridized carbons (Fsp3) is 0.444. The highest BCUT2D eigenvalue weighted by molar-refractivity contribution is 9.09. The first-order chi connectivity index (χ1) is 6.67. The van der Waals surface area contributed by atoms with Crippen molar-refractivity contribution in [2.45, 2.75) is 13.5 Å². The Balaban J connectivity index is 2.61. The maximum atomic E-state index is 11.4. The smallest absolute Gasteiger partial charge is 0.233 e. The van der Waals surface area contributed by atoms with E-state index in [0.29, 0.717) is 11.9 Å².